The molecule has 0 unspecified atom stereocenters. The fourth-order valence-corrected chi connectivity index (χ4v) is 3.06. The second-order valence-corrected chi connectivity index (χ2v) is 6.87. The number of carboxylic acids is 1. The number of carboxylic acid groups (broad SMARTS) is 1. The van der Waals surface area contributed by atoms with Crippen molar-refractivity contribution in [1.29, 1.82) is 0 Å². The predicted molar refractivity (Wildman–Crippen MR) is 113 cm³/mol. The number of carbonyl (C=O) groups is 2. The van der Waals surface area contributed by atoms with E-state index in [-0.39, 0.29) is 12.5 Å². The van der Waals surface area contributed by atoms with Crippen molar-refractivity contribution >= 4 is 17.6 Å². The van der Waals surface area contributed by atoms with E-state index in [1.54, 1.807) is 6.92 Å². The Labute approximate surface area is 175 Å². The molecule has 0 radical (unpaired) electrons. The van der Waals surface area contributed by atoms with Crippen molar-refractivity contribution in [1.82, 2.24) is 10.2 Å². The van der Waals surface area contributed by atoms with Crippen molar-refractivity contribution in [3.8, 4) is 16.9 Å². The van der Waals surface area contributed by atoms with E-state index in [4.69, 9.17) is 14.7 Å². The van der Waals surface area contributed by atoms with Gasteiger partial charge >= 0.3 is 5.97 Å². The average molecular weight is 411 g/mol. The lowest BCUT2D eigenvalue weighted by molar-refractivity contribution is -0.142. The fourth-order valence-electron chi connectivity index (χ4n) is 3.06. The smallest absolute Gasteiger partial charge is 0.344 e. The molecular weight excluding hydrogens is 386 g/mol. The Balaban J connectivity index is 1.61. The molecule has 0 spiro atoms. The normalized spacial score (nSPS) is 14.3. The molecule has 1 aliphatic rings. The molecule has 2 aromatic rings. The summed E-state index contributed by atoms with van der Waals surface area (Å²) in [6.45, 7) is 4.34. The lowest BCUT2D eigenvalue weighted by Crippen LogP contribution is -2.47. The first-order valence-corrected chi connectivity index (χ1v) is 9.73. The van der Waals surface area contributed by atoms with E-state index in [9.17, 15) is 9.59 Å². The van der Waals surface area contributed by atoms with Gasteiger partial charge in [0.1, 0.15) is 5.75 Å². The second kappa shape index (κ2) is 10.4. The molecule has 2 aromatic carbocycles. The van der Waals surface area contributed by atoms with Gasteiger partial charge in [0.15, 0.2) is 6.61 Å². The summed E-state index contributed by atoms with van der Waals surface area (Å²) in [5.74, 6) is -0.440. The van der Waals surface area contributed by atoms with Crippen molar-refractivity contribution in [2.75, 3.05) is 39.4 Å². The van der Waals surface area contributed by atoms with Crippen LogP contribution in [0.2, 0.25) is 0 Å². The molecule has 0 aromatic heterocycles. The van der Waals surface area contributed by atoms with Crippen LogP contribution in [-0.4, -0.2) is 67.0 Å². The van der Waals surface area contributed by atoms with Crippen LogP contribution in [0.3, 0.4) is 0 Å². The van der Waals surface area contributed by atoms with Gasteiger partial charge in [0, 0.05) is 26.2 Å². The van der Waals surface area contributed by atoms with Crippen LogP contribution in [0.5, 0.6) is 5.75 Å². The number of rotatable bonds is 8. The maximum atomic E-state index is 12.3. The Hall–Kier alpha value is -3.39. The van der Waals surface area contributed by atoms with Gasteiger partial charge in [0.05, 0.1) is 5.71 Å². The molecule has 0 aliphatic carbocycles. The summed E-state index contributed by atoms with van der Waals surface area (Å²) in [6, 6.07) is 15.3. The van der Waals surface area contributed by atoms with E-state index in [0.717, 1.165) is 29.8 Å². The highest BCUT2D eigenvalue weighted by atomic mass is 16.6. The van der Waals surface area contributed by atoms with Crippen molar-refractivity contribution in [2.45, 2.75) is 6.92 Å². The standard InChI is InChI=1S/C22H25N3O5/c1-16(24-30-15-22(27)28)17-5-7-18(8-6-17)19-3-2-4-20(13-19)29-14-21(26)25-11-9-23-10-12-25/h2-8,13,23H,9-12,14-15H2,1H3,(H,27,28). The molecule has 1 aliphatic heterocycles. The highest BCUT2D eigenvalue weighted by Gasteiger charge is 2.16. The molecule has 8 nitrogen and oxygen atoms in total. The number of nitrogens with one attached hydrogen (secondary N) is 1. The minimum Gasteiger partial charge on any atom is -0.484 e. The van der Waals surface area contributed by atoms with Crippen molar-refractivity contribution in [3.05, 3.63) is 54.1 Å². The zero-order valence-electron chi connectivity index (χ0n) is 16.8. The molecular formula is C22H25N3O5. The van der Waals surface area contributed by atoms with E-state index in [1.165, 1.54) is 0 Å². The largest absolute Gasteiger partial charge is 0.484 e. The molecule has 8 heteroatoms. The molecule has 1 fully saturated rings. The third kappa shape index (κ3) is 6.05. The average Bonchev–Trinajstić information content (AvgIpc) is 2.78. The van der Waals surface area contributed by atoms with Crippen molar-refractivity contribution < 1.29 is 24.3 Å². The highest BCUT2D eigenvalue weighted by molar-refractivity contribution is 5.98. The van der Waals surface area contributed by atoms with Gasteiger partial charge in [-0.3, -0.25) is 4.79 Å². The van der Waals surface area contributed by atoms with E-state index in [1.807, 2.05) is 53.4 Å². The monoisotopic (exact) mass is 411 g/mol. The van der Waals surface area contributed by atoms with Gasteiger partial charge in [-0.05, 0) is 35.7 Å². The molecule has 0 saturated carbocycles. The molecule has 30 heavy (non-hydrogen) atoms. The molecule has 0 atom stereocenters. The van der Waals surface area contributed by atoms with Gasteiger partial charge in [-0.1, -0.05) is 41.6 Å². The Kier molecular flexibility index (Phi) is 7.40. The predicted octanol–water partition coefficient (Wildman–Crippen LogP) is 1.99. The SMILES string of the molecule is CC(=NOCC(=O)O)c1ccc(-c2cccc(OCC(=O)N3CCNCC3)c2)cc1. The van der Waals surface area contributed by atoms with Gasteiger partial charge in [0.25, 0.3) is 5.91 Å². The maximum Gasteiger partial charge on any atom is 0.344 e. The number of piperazine rings is 1. The molecule has 1 heterocycles. The minimum atomic E-state index is -1.07. The van der Waals surface area contributed by atoms with E-state index < -0.39 is 12.6 Å². The molecule has 2 N–H and O–H groups in total. The first kappa shape index (κ1) is 21.3. The summed E-state index contributed by atoms with van der Waals surface area (Å²) in [5.41, 5.74) is 3.37. The summed E-state index contributed by atoms with van der Waals surface area (Å²) in [7, 11) is 0. The van der Waals surface area contributed by atoms with E-state index >= 15 is 0 Å². The van der Waals surface area contributed by atoms with Crippen molar-refractivity contribution in [2.24, 2.45) is 5.16 Å². The third-order valence-electron chi connectivity index (χ3n) is 4.69. The number of aliphatic carboxylic acids is 1. The number of benzene rings is 2. The van der Waals surface area contributed by atoms with E-state index in [2.05, 4.69) is 10.5 Å². The zero-order chi connectivity index (χ0) is 21.3. The summed E-state index contributed by atoms with van der Waals surface area (Å²) in [4.78, 5) is 29.3. The summed E-state index contributed by atoms with van der Waals surface area (Å²) in [5, 5.41) is 15.6. The number of amides is 1. The molecule has 1 saturated heterocycles. The number of hydrogen-bond donors (Lipinski definition) is 2. The third-order valence-corrected chi connectivity index (χ3v) is 4.69. The Morgan fingerprint density at radius 1 is 1.07 bits per heavy atom. The summed E-state index contributed by atoms with van der Waals surface area (Å²) >= 11 is 0. The summed E-state index contributed by atoms with van der Waals surface area (Å²) in [6.07, 6.45) is 0. The lowest BCUT2D eigenvalue weighted by Gasteiger charge is -2.27. The zero-order valence-corrected chi connectivity index (χ0v) is 16.8. The first-order chi connectivity index (χ1) is 14.5. The number of hydrogen-bond acceptors (Lipinski definition) is 6. The number of nitrogens with zero attached hydrogens (tertiary/aromatic N) is 2. The van der Waals surface area contributed by atoms with Crippen LogP contribution in [-0.2, 0) is 14.4 Å². The van der Waals surface area contributed by atoms with Crippen LogP contribution in [0.25, 0.3) is 11.1 Å². The van der Waals surface area contributed by atoms with Crippen LogP contribution < -0.4 is 10.1 Å². The number of ether oxygens (including phenoxy) is 1. The van der Waals surface area contributed by atoms with Crippen LogP contribution in [0.1, 0.15) is 12.5 Å². The molecule has 158 valence electrons. The van der Waals surface area contributed by atoms with Crippen molar-refractivity contribution in [3.63, 3.8) is 0 Å². The Bertz CT molecular complexity index is 905. The fraction of sp³-hybridized carbons (Fsp3) is 0.318. The van der Waals surface area contributed by atoms with Crippen LogP contribution in [0.4, 0.5) is 0 Å². The maximum absolute atomic E-state index is 12.3. The number of carbonyl (C=O) groups excluding carboxylic acids is 1. The van der Waals surface area contributed by atoms with Gasteiger partial charge in [-0.2, -0.15) is 0 Å². The van der Waals surface area contributed by atoms with Crippen LogP contribution in [0.15, 0.2) is 53.7 Å². The topological polar surface area (TPSA) is 100 Å². The van der Waals surface area contributed by atoms with Gasteiger partial charge in [-0.15, -0.1) is 0 Å². The van der Waals surface area contributed by atoms with E-state index in [0.29, 0.717) is 24.6 Å². The Morgan fingerprint density at radius 3 is 2.50 bits per heavy atom. The van der Waals surface area contributed by atoms with Gasteiger partial charge in [-0.25, -0.2) is 4.79 Å². The second-order valence-electron chi connectivity index (χ2n) is 6.87. The Morgan fingerprint density at radius 2 is 1.80 bits per heavy atom. The van der Waals surface area contributed by atoms with Gasteiger partial charge < -0.3 is 24.9 Å². The van der Waals surface area contributed by atoms with Gasteiger partial charge in [0.2, 0.25) is 6.61 Å². The molecule has 1 amide bonds. The highest BCUT2D eigenvalue weighted by Crippen LogP contribution is 2.24. The first-order valence-electron chi connectivity index (χ1n) is 9.73. The quantitative estimate of drug-likeness (QED) is 0.509. The summed E-state index contributed by atoms with van der Waals surface area (Å²) < 4.78 is 5.71. The van der Waals surface area contributed by atoms with Crippen LogP contribution >= 0.6 is 0 Å². The molecule has 0 bridgehead atoms. The molecule has 3 rings (SSSR count). The van der Waals surface area contributed by atoms with Crippen LogP contribution in [0, 0.1) is 0 Å². The lowest BCUT2D eigenvalue weighted by atomic mass is 10.0. The minimum absolute atomic E-state index is 0.00821. The number of oxime groups is 1.